The van der Waals surface area contributed by atoms with Crippen LogP contribution < -0.4 is 0 Å². The molecule has 15 rings (SSSR count). The van der Waals surface area contributed by atoms with Gasteiger partial charge in [-0.25, -0.2) is 9.97 Å². The summed E-state index contributed by atoms with van der Waals surface area (Å²) >= 11 is 0. The fraction of sp³-hybridized carbons (Fsp3) is 0. The lowest BCUT2D eigenvalue weighted by Gasteiger charge is -2.20. The van der Waals surface area contributed by atoms with Crippen molar-refractivity contribution >= 4 is 43.6 Å². The Morgan fingerprint density at radius 1 is 0.200 bits per heavy atom. The van der Waals surface area contributed by atoms with E-state index in [0.717, 1.165) is 72.6 Å². The van der Waals surface area contributed by atoms with Gasteiger partial charge in [0.2, 0.25) is 0 Å². The number of hydrogen-bond acceptors (Lipinski definition) is 2. The molecule has 0 radical (unpaired) electrons. The van der Waals surface area contributed by atoms with Gasteiger partial charge in [-0.1, -0.05) is 231 Å². The molecule has 0 fully saturated rings. The van der Waals surface area contributed by atoms with E-state index in [1.54, 1.807) is 0 Å². The lowest BCUT2D eigenvalue weighted by molar-refractivity contribution is 1.16. The molecule has 80 heavy (non-hydrogen) atoms. The Morgan fingerprint density at radius 3 is 0.912 bits per heavy atom. The van der Waals surface area contributed by atoms with E-state index in [1.165, 1.54) is 66.1 Å². The first-order chi connectivity index (χ1) is 39.7. The summed E-state index contributed by atoms with van der Waals surface area (Å²) in [5, 5.41) is 4.75. The summed E-state index contributed by atoms with van der Waals surface area (Å²) in [5.41, 5.74) is 22.9. The second-order valence-electron chi connectivity index (χ2n) is 20.5. The minimum Gasteiger partial charge on any atom is -0.309 e. The van der Waals surface area contributed by atoms with Crippen LogP contribution in [0.25, 0.3) is 145 Å². The molecule has 12 aromatic carbocycles. The van der Waals surface area contributed by atoms with Crippen LogP contribution in [0.1, 0.15) is 0 Å². The first kappa shape index (κ1) is 46.6. The smallest absolute Gasteiger partial charge is 0.160 e. The summed E-state index contributed by atoms with van der Waals surface area (Å²) in [6.45, 7) is 0. The van der Waals surface area contributed by atoms with E-state index < -0.39 is 0 Å². The standard InChI is InChI=1S/C76H50N4/c1-7-21-51(22-8-1)57-35-40-72-64(45-57)65-46-58(52-23-9-2-10-24-52)36-41-73(65)79(72)70-34-20-19-33-62(70)63-49-61(69-50-68(55-29-15-5-16-30-55)77-76(78-69)56-31-17-6-18-32-56)39-44-71(63)80-74-42-37-59(53-25-11-3-12-26-53)47-66(74)67-48-60(38-43-75(67)80)54-27-13-4-14-28-54/h1-50H. The monoisotopic (exact) mass is 1020 g/mol. The molecule has 0 aliphatic heterocycles. The Morgan fingerprint density at radius 2 is 0.512 bits per heavy atom. The maximum atomic E-state index is 5.40. The predicted octanol–water partition coefficient (Wildman–Crippen LogP) is 20.0. The van der Waals surface area contributed by atoms with Crippen molar-refractivity contribution in [3.63, 3.8) is 0 Å². The van der Waals surface area contributed by atoms with Crippen LogP contribution in [-0.2, 0) is 0 Å². The van der Waals surface area contributed by atoms with Gasteiger partial charge in [0.25, 0.3) is 0 Å². The van der Waals surface area contributed by atoms with Crippen LogP contribution in [0.2, 0.25) is 0 Å². The summed E-state index contributed by atoms with van der Waals surface area (Å²) in [5.74, 6) is 0.675. The molecule has 15 aromatic rings. The van der Waals surface area contributed by atoms with Gasteiger partial charge in [0.05, 0.1) is 44.8 Å². The Hall–Kier alpha value is -10.7. The van der Waals surface area contributed by atoms with Crippen molar-refractivity contribution in [3.05, 3.63) is 303 Å². The fourth-order valence-corrected chi connectivity index (χ4v) is 11.9. The molecule has 0 atom stereocenters. The van der Waals surface area contributed by atoms with Gasteiger partial charge >= 0.3 is 0 Å². The van der Waals surface area contributed by atoms with Gasteiger partial charge < -0.3 is 9.13 Å². The van der Waals surface area contributed by atoms with Gasteiger partial charge in [-0.05, 0) is 117 Å². The van der Waals surface area contributed by atoms with Gasteiger partial charge in [0, 0.05) is 49.4 Å². The second-order valence-corrected chi connectivity index (χ2v) is 20.5. The third kappa shape index (κ3) is 8.26. The molecule has 4 heteroatoms. The highest BCUT2D eigenvalue weighted by Gasteiger charge is 2.23. The zero-order chi connectivity index (χ0) is 52.9. The molecule has 0 aliphatic rings. The largest absolute Gasteiger partial charge is 0.309 e. The molecule has 3 aromatic heterocycles. The van der Waals surface area contributed by atoms with E-state index in [2.05, 4.69) is 288 Å². The van der Waals surface area contributed by atoms with E-state index in [4.69, 9.17) is 9.97 Å². The van der Waals surface area contributed by atoms with Crippen LogP contribution >= 0.6 is 0 Å². The fourth-order valence-electron chi connectivity index (χ4n) is 11.9. The molecular weight excluding hydrogens is 969 g/mol. The van der Waals surface area contributed by atoms with Gasteiger partial charge in [-0.3, -0.25) is 0 Å². The van der Waals surface area contributed by atoms with Crippen LogP contribution in [0.4, 0.5) is 0 Å². The van der Waals surface area contributed by atoms with Crippen molar-refractivity contribution in [3.8, 4) is 101 Å². The third-order valence-corrected chi connectivity index (χ3v) is 15.8. The molecule has 4 nitrogen and oxygen atoms in total. The van der Waals surface area contributed by atoms with E-state index in [0.29, 0.717) is 5.82 Å². The summed E-state index contributed by atoms with van der Waals surface area (Å²) in [6.07, 6.45) is 0. The highest BCUT2D eigenvalue weighted by molar-refractivity contribution is 6.14. The number of rotatable bonds is 10. The molecule has 0 spiro atoms. The summed E-state index contributed by atoms with van der Waals surface area (Å²) in [7, 11) is 0. The average Bonchev–Trinajstić information content (AvgIpc) is 4.23. The third-order valence-electron chi connectivity index (χ3n) is 15.8. The van der Waals surface area contributed by atoms with E-state index in [-0.39, 0.29) is 0 Å². The van der Waals surface area contributed by atoms with Crippen LogP contribution in [0.3, 0.4) is 0 Å². The van der Waals surface area contributed by atoms with Gasteiger partial charge in [-0.15, -0.1) is 0 Å². The lowest BCUT2D eigenvalue weighted by Crippen LogP contribution is -2.02. The molecule has 0 unspecified atom stereocenters. The zero-order valence-corrected chi connectivity index (χ0v) is 43.7. The normalized spacial score (nSPS) is 11.5. The highest BCUT2D eigenvalue weighted by Crippen LogP contribution is 2.45. The Kier molecular flexibility index (Phi) is 11.5. The molecule has 374 valence electrons. The molecule has 0 N–H and O–H groups in total. The molecule has 0 bridgehead atoms. The average molecular weight is 1020 g/mol. The molecule has 0 amide bonds. The summed E-state index contributed by atoms with van der Waals surface area (Å²) < 4.78 is 4.97. The Balaban J connectivity index is 1.02. The Labute approximate surface area is 464 Å². The molecule has 0 saturated carbocycles. The van der Waals surface area contributed by atoms with E-state index >= 15 is 0 Å². The van der Waals surface area contributed by atoms with Crippen LogP contribution in [-0.4, -0.2) is 19.1 Å². The van der Waals surface area contributed by atoms with E-state index in [9.17, 15) is 0 Å². The first-order valence-corrected chi connectivity index (χ1v) is 27.3. The molecule has 3 heterocycles. The SMILES string of the molecule is c1ccc(-c2ccc3c(c2)c2cc(-c4ccccc4)ccc2n3-c2ccccc2-c2cc(-c3cc(-c4ccccc4)nc(-c4ccccc4)n3)ccc2-n2c3ccc(-c4ccccc4)cc3c3cc(-c4ccccc4)ccc32)cc1. The lowest BCUT2D eigenvalue weighted by atomic mass is 9.96. The summed E-state index contributed by atoms with van der Waals surface area (Å²) in [6, 6.07) is 109. The van der Waals surface area contributed by atoms with Crippen LogP contribution in [0, 0.1) is 0 Å². The van der Waals surface area contributed by atoms with Crippen molar-refractivity contribution in [1.82, 2.24) is 19.1 Å². The molecular formula is C76H50N4. The minimum atomic E-state index is 0.675. The highest BCUT2D eigenvalue weighted by atomic mass is 15.0. The van der Waals surface area contributed by atoms with Gasteiger partial charge in [-0.2, -0.15) is 0 Å². The number of benzene rings is 12. The quantitative estimate of drug-likeness (QED) is 0.137. The Bertz CT molecular complexity index is 4530. The number of para-hydroxylation sites is 1. The van der Waals surface area contributed by atoms with Crippen molar-refractivity contribution in [2.75, 3.05) is 0 Å². The van der Waals surface area contributed by atoms with E-state index in [1.807, 2.05) is 24.3 Å². The number of aromatic nitrogens is 4. The van der Waals surface area contributed by atoms with Gasteiger partial charge in [0.1, 0.15) is 0 Å². The molecule has 0 saturated heterocycles. The predicted molar refractivity (Wildman–Crippen MR) is 334 cm³/mol. The van der Waals surface area contributed by atoms with Gasteiger partial charge in [0.15, 0.2) is 5.82 Å². The number of nitrogens with zero attached hydrogens (tertiary/aromatic N) is 4. The molecule has 0 aliphatic carbocycles. The van der Waals surface area contributed by atoms with Crippen molar-refractivity contribution in [2.24, 2.45) is 0 Å². The zero-order valence-electron chi connectivity index (χ0n) is 43.7. The number of fused-ring (bicyclic) bond motifs is 6. The number of hydrogen-bond donors (Lipinski definition) is 0. The first-order valence-electron chi connectivity index (χ1n) is 27.3. The topological polar surface area (TPSA) is 35.6 Å². The van der Waals surface area contributed by atoms with Crippen molar-refractivity contribution < 1.29 is 0 Å². The maximum Gasteiger partial charge on any atom is 0.160 e. The van der Waals surface area contributed by atoms with Crippen molar-refractivity contribution in [1.29, 1.82) is 0 Å². The maximum absolute atomic E-state index is 5.40. The van der Waals surface area contributed by atoms with Crippen LogP contribution in [0.5, 0.6) is 0 Å². The van der Waals surface area contributed by atoms with Crippen molar-refractivity contribution in [2.45, 2.75) is 0 Å². The summed E-state index contributed by atoms with van der Waals surface area (Å²) in [4.78, 5) is 10.6. The second kappa shape index (κ2) is 19.7. The van der Waals surface area contributed by atoms with Crippen LogP contribution in [0.15, 0.2) is 303 Å². The minimum absolute atomic E-state index is 0.675.